The molecule has 2 N–H and O–H groups in total. The van der Waals surface area contributed by atoms with Crippen molar-refractivity contribution >= 4 is 5.91 Å². The van der Waals surface area contributed by atoms with Crippen molar-refractivity contribution < 1.29 is 14.6 Å². The Morgan fingerprint density at radius 1 is 1.40 bits per heavy atom. The molecular weight excluding hydrogens is 254 g/mol. The van der Waals surface area contributed by atoms with Gasteiger partial charge in [-0.3, -0.25) is 4.79 Å². The molecule has 4 heteroatoms. The number of hydrogen-bond donors (Lipinski definition) is 2. The van der Waals surface area contributed by atoms with Gasteiger partial charge in [-0.15, -0.1) is 0 Å². The first-order valence-corrected chi connectivity index (χ1v) is 7.14. The van der Waals surface area contributed by atoms with Crippen molar-refractivity contribution in [3.05, 3.63) is 29.3 Å². The first kappa shape index (κ1) is 14.9. The molecule has 0 aromatic heterocycles. The van der Waals surface area contributed by atoms with Gasteiger partial charge in [-0.25, -0.2) is 0 Å². The number of hydrogen-bond acceptors (Lipinski definition) is 3. The molecule has 1 aliphatic carbocycles. The van der Waals surface area contributed by atoms with Crippen LogP contribution in [0.25, 0.3) is 0 Å². The van der Waals surface area contributed by atoms with E-state index < -0.39 is 5.54 Å². The van der Waals surface area contributed by atoms with Gasteiger partial charge < -0.3 is 15.2 Å². The molecule has 1 aliphatic rings. The third-order valence-electron chi connectivity index (χ3n) is 4.11. The molecule has 1 saturated carbocycles. The second-order valence-corrected chi connectivity index (χ2v) is 5.67. The Bertz CT molecular complexity index is 479. The molecule has 1 amide bonds. The fraction of sp³-hybridized carbons (Fsp3) is 0.562. The van der Waals surface area contributed by atoms with E-state index in [-0.39, 0.29) is 12.5 Å². The third-order valence-corrected chi connectivity index (χ3v) is 4.11. The van der Waals surface area contributed by atoms with Crippen LogP contribution >= 0.6 is 0 Å². The minimum Gasteiger partial charge on any atom is -0.496 e. The summed E-state index contributed by atoms with van der Waals surface area (Å²) in [6, 6.07) is 5.80. The van der Waals surface area contributed by atoms with Crippen LogP contribution in [0.2, 0.25) is 0 Å². The van der Waals surface area contributed by atoms with Crippen LogP contribution in [0, 0.1) is 6.92 Å². The van der Waals surface area contributed by atoms with E-state index in [2.05, 4.69) is 5.32 Å². The van der Waals surface area contributed by atoms with Gasteiger partial charge in [0.05, 0.1) is 25.7 Å². The van der Waals surface area contributed by atoms with E-state index in [0.29, 0.717) is 6.42 Å². The van der Waals surface area contributed by atoms with Crippen LogP contribution in [-0.4, -0.2) is 30.3 Å². The van der Waals surface area contributed by atoms with E-state index in [9.17, 15) is 9.90 Å². The van der Waals surface area contributed by atoms with E-state index in [1.165, 1.54) is 0 Å². The summed E-state index contributed by atoms with van der Waals surface area (Å²) in [6.07, 6.45) is 4.19. The summed E-state index contributed by atoms with van der Waals surface area (Å²) in [5.74, 6) is 0.764. The lowest BCUT2D eigenvalue weighted by Gasteiger charge is -2.28. The molecular formula is C16H23NO3. The highest BCUT2D eigenvalue weighted by molar-refractivity contribution is 5.79. The van der Waals surface area contributed by atoms with E-state index >= 15 is 0 Å². The second-order valence-electron chi connectivity index (χ2n) is 5.67. The SMILES string of the molecule is COc1cc(CC(=O)NC2(CO)CCCC2)ccc1C. The molecule has 1 aromatic rings. The number of aliphatic hydroxyl groups excluding tert-OH is 1. The number of methoxy groups -OCH3 is 1. The normalized spacial score (nSPS) is 16.9. The topological polar surface area (TPSA) is 58.6 Å². The lowest BCUT2D eigenvalue weighted by Crippen LogP contribution is -2.49. The van der Waals surface area contributed by atoms with Gasteiger partial charge in [-0.2, -0.15) is 0 Å². The molecule has 1 fully saturated rings. The van der Waals surface area contributed by atoms with Crippen LogP contribution in [0.3, 0.4) is 0 Å². The average molecular weight is 277 g/mol. The molecule has 110 valence electrons. The molecule has 0 radical (unpaired) electrons. The van der Waals surface area contributed by atoms with Crippen LogP contribution in [0.1, 0.15) is 36.8 Å². The summed E-state index contributed by atoms with van der Waals surface area (Å²) in [6.45, 7) is 2.00. The van der Waals surface area contributed by atoms with Crippen LogP contribution in [-0.2, 0) is 11.2 Å². The minimum absolute atomic E-state index is 0.0238. The number of aryl methyl sites for hydroxylation is 1. The number of ether oxygens (including phenoxy) is 1. The molecule has 0 unspecified atom stereocenters. The lowest BCUT2D eigenvalue weighted by molar-refractivity contribution is -0.122. The Balaban J connectivity index is 2.01. The largest absolute Gasteiger partial charge is 0.496 e. The monoisotopic (exact) mass is 277 g/mol. The van der Waals surface area contributed by atoms with Gasteiger partial charge in [0, 0.05) is 0 Å². The number of carbonyl (C=O) groups excluding carboxylic acids is 1. The zero-order valence-electron chi connectivity index (χ0n) is 12.2. The van der Waals surface area contributed by atoms with E-state index in [1.54, 1.807) is 7.11 Å². The second kappa shape index (κ2) is 6.27. The summed E-state index contributed by atoms with van der Waals surface area (Å²) < 4.78 is 5.27. The van der Waals surface area contributed by atoms with E-state index in [4.69, 9.17) is 4.74 Å². The van der Waals surface area contributed by atoms with Gasteiger partial charge in [0.1, 0.15) is 5.75 Å². The zero-order chi connectivity index (χ0) is 14.6. The van der Waals surface area contributed by atoms with E-state index in [0.717, 1.165) is 42.6 Å². The lowest BCUT2D eigenvalue weighted by atomic mass is 9.98. The van der Waals surface area contributed by atoms with Gasteiger partial charge in [0.15, 0.2) is 0 Å². The third kappa shape index (κ3) is 3.31. The van der Waals surface area contributed by atoms with Crippen molar-refractivity contribution in [1.82, 2.24) is 5.32 Å². The van der Waals surface area contributed by atoms with Gasteiger partial charge in [-0.05, 0) is 37.0 Å². The summed E-state index contributed by atoms with van der Waals surface area (Å²) in [4.78, 5) is 12.2. The van der Waals surface area contributed by atoms with Crippen molar-refractivity contribution in [2.75, 3.05) is 13.7 Å². The van der Waals surface area contributed by atoms with Crippen molar-refractivity contribution in [3.63, 3.8) is 0 Å². The van der Waals surface area contributed by atoms with Crippen molar-refractivity contribution in [2.45, 2.75) is 44.6 Å². The first-order chi connectivity index (χ1) is 9.58. The quantitative estimate of drug-likeness (QED) is 0.865. The van der Waals surface area contributed by atoms with E-state index in [1.807, 2.05) is 25.1 Å². The van der Waals surface area contributed by atoms with Gasteiger partial charge >= 0.3 is 0 Å². The molecule has 0 heterocycles. The molecule has 1 aromatic carbocycles. The highest BCUT2D eigenvalue weighted by Gasteiger charge is 2.34. The highest BCUT2D eigenvalue weighted by Crippen LogP contribution is 2.29. The Labute approximate surface area is 120 Å². The molecule has 0 saturated heterocycles. The summed E-state index contributed by atoms with van der Waals surface area (Å²) in [7, 11) is 1.63. The predicted octanol–water partition coefficient (Wildman–Crippen LogP) is 1.97. The molecule has 4 nitrogen and oxygen atoms in total. The Hall–Kier alpha value is -1.55. The number of nitrogens with one attached hydrogen (secondary N) is 1. The maximum absolute atomic E-state index is 12.2. The number of benzene rings is 1. The average Bonchev–Trinajstić information content (AvgIpc) is 2.90. The van der Waals surface area contributed by atoms with Crippen LogP contribution in [0.5, 0.6) is 5.75 Å². The van der Waals surface area contributed by atoms with Crippen molar-refractivity contribution in [1.29, 1.82) is 0 Å². The minimum atomic E-state index is -0.397. The zero-order valence-corrected chi connectivity index (χ0v) is 12.2. The van der Waals surface area contributed by atoms with Crippen LogP contribution in [0.15, 0.2) is 18.2 Å². The number of rotatable bonds is 5. The molecule has 2 rings (SSSR count). The van der Waals surface area contributed by atoms with Crippen molar-refractivity contribution in [3.8, 4) is 5.75 Å². The fourth-order valence-electron chi connectivity index (χ4n) is 2.87. The fourth-order valence-corrected chi connectivity index (χ4v) is 2.87. The van der Waals surface area contributed by atoms with Gasteiger partial charge in [0.2, 0.25) is 5.91 Å². The standard InChI is InChI=1S/C16H23NO3/c1-12-5-6-13(9-14(12)20-2)10-15(19)17-16(11-18)7-3-4-8-16/h5-6,9,18H,3-4,7-8,10-11H2,1-2H3,(H,17,19). The highest BCUT2D eigenvalue weighted by atomic mass is 16.5. The Morgan fingerprint density at radius 2 is 2.10 bits per heavy atom. The maximum Gasteiger partial charge on any atom is 0.224 e. The van der Waals surface area contributed by atoms with Crippen LogP contribution < -0.4 is 10.1 Å². The number of carbonyl (C=O) groups is 1. The molecule has 20 heavy (non-hydrogen) atoms. The van der Waals surface area contributed by atoms with Crippen molar-refractivity contribution in [2.24, 2.45) is 0 Å². The van der Waals surface area contributed by atoms with Crippen LogP contribution in [0.4, 0.5) is 0 Å². The molecule has 0 spiro atoms. The van der Waals surface area contributed by atoms with Gasteiger partial charge in [-0.1, -0.05) is 25.0 Å². The first-order valence-electron chi connectivity index (χ1n) is 7.14. The maximum atomic E-state index is 12.2. The molecule has 0 aliphatic heterocycles. The Morgan fingerprint density at radius 3 is 2.70 bits per heavy atom. The summed E-state index contributed by atoms with van der Waals surface area (Å²) >= 11 is 0. The number of amides is 1. The summed E-state index contributed by atoms with van der Waals surface area (Å²) in [5, 5.41) is 12.5. The summed E-state index contributed by atoms with van der Waals surface area (Å²) in [5.41, 5.74) is 1.58. The smallest absolute Gasteiger partial charge is 0.224 e. The molecule has 0 bridgehead atoms. The number of aliphatic hydroxyl groups is 1. The molecule has 0 atom stereocenters. The predicted molar refractivity (Wildman–Crippen MR) is 77.9 cm³/mol. The van der Waals surface area contributed by atoms with Gasteiger partial charge in [0.25, 0.3) is 0 Å². The Kier molecular flexibility index (Phi) is 4.65.